The summed E-state index contributed by atoms with van der Waals surface area (Å²) in [6.45, 7) is 5.20. The Bertz CT molecular complexity index is 341. The summed E-state index contributed by atoms with van der Waals surface area (Å²) in [6, 6.07) is 10.3. The highest BCUT2D eigenvalue weighted by molar-refractivity contribution is 5.42. The second kappa shape index (κ2) is 7.78. The molecule has 0 saturated heterocycles. The zero-order valence-electron chi connectivity index (χ0n) is 10.3. The van der Waals surface area contributed by atoms with Gasteiger partial charge in [0.15, 0.2) is 0 Å². The molecule has 0 heterocycles. The van der Waals surface area contributed by atoms with Gasteiger partial charge in [0.25, 0.3) is 0 Å². The third-order valence-corrected chi connectivity index (χ3v) is 2.27. The zero-order chi connectivity index (χ0) is 11.6. The first-order valence-electron chi connectivity index (χ1n) is 5.96. The van der Waals surface area contributed by atoms with Crippen molar-refractivity contribution in [3.63, 3.8) is 0 Å². The summed E-state index contributed by atoms with van der Waals surface area (Å²) in [4.78, 5) is 0. The minimum absolute atomic E-state index is 1.05. The van der Waals surface area contributed by atoms with E-state index in [4.69, 9.17) is 0 Å². The maximum atomic E-state index is 3.40. The lowest BCUT2D eigenvalue weighted by molar-refractivity contribution is 0.779. The minimum atomic E-state index is 1.05. The highest BCUT2D eigenvalue weighted by Crippen LogP contribution is 2.05. The summed E-state index contributed by atoms with van der Waals surface area (Å²) >= 11 is 0. The normalized spacial score (nSPS) is 9.38. The molecule has 86 valence electrons. The van der Waals surface area contributed by atoms with Crippen molar-refractivity contribution in [1.82, 2.24) is 0 Å². The van der Waals surface area contributed by atoms with Crippen molar-refractivity contribution in [2.45, 2.75) is 33.1 Å². The van der Waals surface area contributed by atoms with Gasteiger partial charge in [-0.1, -0.05) is 18.2 Å². The largest absolute Gasteiger partial charge is 0.385 e. The maximum Gasteiger partial charge on any atom is 0.0340 e. The molecule has 0 atom stereocenters. The molecule has 0 aliphatic rings. The molecule has 1 heteroatoms. The minimum Gasteiger partial charge on any atom is -0.385 e. The van der Waals surface area contributed by atoms with Crippen molar-refractivity contribution in [3.05, 3.63) is 47.7 Å². The average molecular weight is 215 g/mol. The molecule has 1 rings (SSSR count). The van der Waals surface area contributed by atoms with Crippen molar-refractivity contribution in [1.29, 1.82) is 0 Å². The Morgan fingerprint density at radius 3 is 2.62 bits per heavy atom. The number of hydrogen-bond donors (Lipinski definition) is 1. The standard InChI is InChI=1S/C15H21N/c1-14(2)10-6-3-4-9-13-16-15-11-7-5-8-12-15/h5-8,11-12,16H,3-4,9,13H2,1-2H3. The molecule has 0 fully saturated rings. The van der Waals surface area contributed by atoms with Gasteiger partial charge in [0.2, 0.25) is 0 Å². The quantitative estimate of drug-likeness (QED) is 0.548. The van der Waals surface area contributed by atoms with Gasteiger partial charge in [0, 0.05) is 12.2 Å². The average Bonchev–Trinajstić information content (AvgIpc) is 2.29. The molecule has 0 spiro atoms. The smallest absolute Gasteiger partial charge is 0.0340 e. The monoisotopic (exact) mass is 215 g/mol. The third-order valence-electron chi connectivity index (χ3n) is 2.27. The molecule has 0 radical (unpaired) electrons. The number of benzene rings is 1. The van der Waals surface area contributed by atoms with Crippen LogP contribution in [0.25, 0.3) is 0 Å². The molecule has 0 saturated carbocycles. The van der Waals surface area contributed by atoms with Crippen LogP contribution in [-0.4, -0.2) is 6.54 Å². The van der Waals surface area contributed by atoms with Crippen LogP contribution in [0.1, 0.15) is 33.1 Å². The lowest BCUT2D eigenvalue weighted by Gasteiger charge is -2.04. The van der Waals surface area contributed by atoms with Gasteiger partial charge in [-0.05, 0) is 56.9 Å². The van der Waals surface area contributed by atoms with E-state index < -0.39 is 0 Å². The van der Waals surface area contributed by atoms with E-state index in [1.54, 1.807) is 0 Å². The highest BCUT2D eigenvalue weighted by Gasteiger charge is 1.89. The lowest BCUT2D eigenvalue weighted by atomic mass is 10.2. The Morgan fingerprint density at radius 2 is 1.94 bits per heavy atom. The van der Waals surface area contributed by atoms with E-state index in [2.05, 4.69) is 55.2 Å². The van der Waals surface area contributed by atoms with E-state index in [0.29, 0.717) is 0 Å². The number of allylic oxidation sites excluding steroid dienone is 1. The van der Waals surface area contributed by atoms with Gasteiger partial charge >= 0.3 is 0 Å². The summed E-state index contributed by atoms with van der Waals surface area (Å²) < 4.78 is 0. The molecule has 0 unspecified atom stereocenters. The lowest BCUT2D eigenvalue weighted by Crippen LogP contribution is -2.00. The van der Waals surface area contributed by atoms with E-state index in [1.807, 2.05) is 6.07 Å². The molecule has 1 nitrogen and oxygen atoms in total. The molecule has 0 aliphatic carbocycles. The van der Waals surface area contributed by atoms with Gasteiger partial charge in [-0.25, -0.2) is 0 Å². The summed E-state index contributed by atoms with van der Waals surface area (Å²) in [5.41, 5.74) is 5.69. The molecule has 0 bridgehead atoms. The second-order valence-corrected chi connectivity index (χ2v) is 4.14. The zero-order valence-corrected chi connectivity index (χ0v) is 10.3. The summed E-state index contributed by atoms with van der Waals surface area (Å²) in [5, 5.41) is 3.40. The predicted molar refractivity (Wildman–Crippen MR) is 71.7 cm³/mol. The first kappa shape index (κ1) is 12.6. The fourth-order valence-electron chi connectivity index (χ4n) is 1.44. The fraction of sp³-hybridized carbons (Fsp3) is 0.400. The number of anilines is 1. The van der Waals surface area contributed by atoms with Gasteiger partial charge < -0.3 is 5.32 Å². The molecule has 1 N–H and O–H groups in total. The number of para-hydroxylation sites is 1. The van der Waals surface area contributed by atoms with Crippen LogP contribution in [0.15, 0.2) is 47.7 Å². The van der Waals surface area contributed by atoms with Crippen molar-refractivity contribution in [3.8, 4) is 0 Å². The topological polar surface area (TPSA) is 12.0 Å². The number of nitrogens with one attached hydrogen (secondary N) is 1. The van der Waals surface area contributed by atoms with E-state index in [1.165, 1.54) is 24.1 Å². The highest BCUT2D eigenvalue weighted by atomic mass is 14.9. The first-order valence-corrected chi connectivity index (χ1v) is 5.96. The van der Waals surface area contributed by atoms with Crippen molar-refractivity contribution in [2.24, 2.45) is 0 Å². The molecular formula is C15H21N. The predicted octanol–water partition coefficient (Wildman–Crippen LogP) is 4.39. The molecule has 1 aromatic rings. The molecule has 0 aliphatic heterocycles. The molecule has 1 aromatic carbocycles. The number of rotatable bonds is 6. The fourth-order valence-corrected chi connectivity index (χ4v) is 1.44. The van der Waals surface area contributed by atoms with Crippen LogP contribution < -0.4 is 5.32 Å². The van der Waals surface area contributed by atoms with Crippen molar-refractivity contribution in [2.75, 3.05) is 11.9 Å². The van der Waals surface area contributed by atoms with Gasteiger partial charge in [0.05, 0.1) is 0 Å². The van der Waals surface area contributed by atoms with Crippen LogP contribution in [-0.2, 0) is 0 Å². The van der Waals surface area contributed by atoms with E-state index in [9.17, 15) is 0 Å². The van der Waals surface area contributed by atoms with Crippen molar-refractivity contribution < 1.29 is 0 Å². The molecular weight excluding hydrogens is 194 g/mol. The van der Waals surface area contributed by atoms with Crippen LogP contribution in [0.5, 0.6) is 0 Å². The van der Waals surface area contributed by atoms with E-state index in [0.717, 1.165) is 13.0 Å². The first-order chi connectivity index (χ1) is 7.79. The summed E-state index contributed by atoms with van der Waals surface area (Å²) in [6.07, 6.45) is 5.69. The molecule has 16 heavy (non-hydrogen) atoms. The number of unbranched alkanes of at least 4 members (excludes halogenated alkanes) is 2. The number of hydrogen-bond acceptors (Lipinski definition) is 1. The van der Waals surface area contributed by atoms with Gasteiger partial charge in [0.1, 0.15) is 0 Å². The summed E-state index contributed by atoms with van der Waals surface area (Å²) in [7, 11) is 0. The molecule has 0 amide bonds. The Hall–Kier alpha value is -1.46. The second-order valence-electron chi connectivity index (χ2n) is 4.14. The van der Waals surface area contributed by atoms with Gasteiger partial charge in [-0.15, -0.1) is 5.73 Å². The summed E-state index contributed by atoms with van der Waals surface area (Å²) in [5.74, 6) is 0. The van der Waals surface area contributed by atoms with Crippen LogP contribution in [0.4, 0.5) is 5.69 Å². The van der Waals surface area contributed by atoms with Crippen LogP contribution in [0, 0.1) is 0 Å². The van der Waals surface area contributed by atoms with Crippen molar-refractivity contribution >= 4 is 5.69 Å². The van der Waals surface area contributed by atoms with E-state index in [-0.39, 0.29) is 0 Å². The Kier molecular flexibility index (Phi) is 6.13. The third kappa shape index (κ3) is 6.10. The Labute approximate surface area is 98.9 Å². The van der Waals surface area contributed by atoms with Crippen LogP contribution in [0.2, 0.25) is 0 Å². The Morgan fingerprint density at radius 1 is 1.19 bits per heavy atom. The van der Waals surface area contributed by atoms with Gasteiger partial charge in [-0.3, -0.25) is 0 Å². The van der Waals surface area contributed by atoms with Gasteiger partial charge in [-0.2, -0.15) is 0 Å². The SMILES string of the molecule is CC(C)=C=CCCCCNc1ccccc1. The van der Waals surface area contributed by atoms with Crippen LogP contribution >= 0.6 is 0 Å². The van der Waals surface area contributed by atoms with E-state index >= 15 is 0 Å². The Balaban J connectivity index is 2.07. The molecule has 0 aromatic heterocycles. The van der Waals surface area contributed by atoms with Crippen LogP contribution in [0.3, 0.4) is 0 Å². The maximum absolute atomic E-state index is 3.40.